The van der Waals surface area contributed by atoms with E-state index < -0.39 is 33.8 Å². The number of carbonyl (C=O) groups is 1. The first-order valence-corrected chi connectivity index (χ1v) is 12.8. The zero-order valence-electron chi connectivity index (χ0n) is 20.4. The normalized spacial score (nSPS) is 19.3. The number of allylic oxidation sites excluding steroid dienone is 1. The highest BCUT2D eigenvalue weighted by atomic mass is 32.2. The maximum absolute atomic E-state index is 13.6. The third-order valence-corrected chi connectivity index (χ3v) is 8.38. The molecule has 0 saturated carbocycles. The average molecular weight is 546 g/mol. The molecule has 2 aromatic carbocycles. The lowest BCUT2D eigenvalue weighted by Crippen LogP contribution is -2.48. The van der Waals surface area contributed by atoms with Gasteiger partial charge in [0, 0.05) is 31.5 Å². The average Bonchev–Trinajstić information content (AvgIpc) is 2.90. The van der Waals surface area contributed by atoms with Gasteiger partial charge >= 0.3 is 12.2 Å². The van der Waals surface area contributed by atoms with Gasteiger partial charge in [0.2, 0.25) is 15.7 Å². The topological polar surface area (TPSA) is 98.3 Å². The Labute approximate surface area is 217 Å². The van der Waals surface area contributed by atoms with Crippen molar-refractivity contribution in [3.05, 3.63) is 82.0 Å². The molecule has 0 aliphatic carbocycles. The van der Waals surface area contributed by atoms with E-state index in [2.05, 4.69) is 4.85 Å². The Morgan fingerprint density at radius 1 is 1.16 bits per heavy atom. The van der Waals surface area contributed by atoms with Gasteiger partial charge in [0.25, 0.3) is 0 Å². The number of halogens is 3. The number of nitriles is 1. The van der Waals surface area contributed by atoms with E-state index in [-0.39, 0.29) is 59.4 Å². The highest BCUT2D eigenvalue weighted by molar-refractivity contribution is 7.89. The molecule has 198 valence electrons. The largest absolute Gasteiger partial charge is 0.416 e. The zero-order chi connectivity index (χ0) is 27.8. The van der Waals surface area contributed by atoms with Crippen molar-refractivity contribution in [3.8, 4) is 6.07 Å². The van der Waals surface area contributed by atoms with E-state index >= 15 is 0 Å². The Bertz CT molecular complexity index is 1500. The molecule has 2 aliphatic heterocycles. The summed E-state index contributed by atoms with van der Waals surface area (Å²) in [7, 11) is -2.81. The fourth-order valence-electron chi connectivity index (χ4n) is 4.51. The van der Waals surface area contributed by atoms with Gasteiger partial charge in [0.1, 0.15) is 0 Å². The van der Waals surface area contributed by atoms with Crippen molar-refractivity contribution < 1.29 is 31.1 Å². The van der Waals surface area contributed by atoms with Gasteiger partial charge in [0.15, 0.2) is 0 Å². The fourth-order valence-corrected chi connectivity index (χ4v) is 6.17. The summed E-state index contributed by atoms with van der Waals surface area (Å²) in [4.78, 5) is 19.0. The van der Waals surface area contributed by atoms with E-state index in [0.29, 0.717) is 0 Å². The SMILES string of the molecule is [C-]#[N+]C1=C(C)N(c2cccc(C(F)(F)F)c2)C(=O)N(C)[C@@H]1c1ccc(C#N)cc1S(=O)(=O)N1CCOCC1. The second-order valence-corrected chi connectivity index (χ2v) is 10.5. The van der Waals surface area contributed by atoms with Crippen molar-refractivity contribution in [1.29, 1.82) is 5.26 Å². The summed E-state index contributed by atoms with van der Waals surface area (Å²) in [5, 5.41) is 9.43. The third-order valence-electron chi connectivity index (χ3n) is 6.42. The van der Waals surface area contributed by atoms with Crippen LogP contribution in [0.15, 0.2) is 58.8 Å². The van der Waals surface area contributed by atoms with E-state index in [9.17, 15) is 31.6 Å². The molecule has 0 aromatic heterocycles. The Morgan fingerprint density at radius 3 is 2.45 bits per heavy atom. The van der Waals surface area contributed by atoms with Gasteiger partial charge in [-0.1, -0.05) is 12.1 Å². The minimum absolute atomic E-state index is 0.0485. The van der Waals surface area contributed by atoms with Gasteiger partial charge in [-0.25, -0.2) is 18.1 Å². The van der Waals surface area contributed by atoms with Crippen molar-refractivity contribution in [3.63, 3.8) is 0 Å². The first-order chi connectivity index (χ1) is 17.9. The first-order valence-electron chi connectivity index (χ1n) is 11.4. The van der Waals surface area contributed by atoms with Crippen molar-refractivity contribution >= 4 is 21.7 Å². The number of amides is 2. The molecule has 0 unspecified atom stereocenters. The summed E-state index contributed by atoms with van der Waals surface area (Å²) in [6.45, 7) is 9.83. The fraction of sp³-hybridized carbons (Fsp3) is 0.320. The Hall–Kier alpha value is -3.91. The molecule has 1 saturated heterocycles. The number of sulfonamides is 1. The molecule has 4 rings (SSSR count). The van der Waals surface area contributed by atoms with E-state index in [1.807, 2.05) is 6.07 Å². The summed E-state index contributed by atoms with van der Waals surface area (Å²) in [6, 6.07) is 8.15. The molecular formula is C25H22F3N5O4S. The molecule has 0 spiro atoms. The van der Waals surface area contributed by atoms with Crippen molar-refractivity contribution in [2.45, 2.75) is 24.0 Å². The van der Waals surface area contributed by atoms with Crippen LogP contribution < -0.4 is 4.90 Å². The maximum Gasteiger partial charge on any atom is 0.416 e. The van der Waals surface area contributed by atoms with Crippen LogP contribution in [0.4, 0.5) is 23.7 Å². The highest BCUT2D eigenvalue weighted by Crippen LogP contribution is 2.42. The smallest absolute Gasteiger partial charge is 0.379 e. The number of hydrogen-bond acceptors (Lipinski definition) is 5. The highest BCUT2D eigenvalue weighted by Gasteiger charge is 2.42. The van der Waals surface area contributed by atoms with Crippen LogP contribution in [-0.2, 0) is 20.9 Å². The number of likely N-dealkylation sites (N-methyl/N-ethyl adjacent to an activating group) is 1. The lowest BCUT2D eigenvalue weighted by Gasteiger charge is -2.40. The number of morpholine rings is 1. The van der Waals surface area contributed by atoms with Crippen molar-refractivity contribution in [2.24, 2.45) is 0 Å². The molecule has 13 heteroatoms. The van der Waals surface area contributed by atoms with Gasteiger partial charge in [-0.2, -0.15) is 22.7 Å². The van der Waals surface area contributed by atoms with Crippen LogP contribution in [0.25, 0.3) is 4.85 Å². The van der Waals surface area contributed by atoms with Crippen LogP contribution in [0, 0.1) is 17.9 Å². The van der Waals surface area contributed by atoms with Crippen molar-refractivity contribution in [2.75, 3.05) is 38.3 Å². The van der Waals surface area contributed by atoms with Gasteiger partial charge in [-0.3, -0.25) is 4.90 Å². The van der Waals surface area contributed by atoms with E-state index in [1.165, 1.54) is 42.5 Å². The summed E-state index contributed by atoms with van der Waals surface area (Å²) in [6.07, 6.45) is -4.64. The molecular weight excluding hydrogens is 523 g/mol. The number of hydrogen-bond donors (Lipinski definition) is 0. The van der Waals surface area contributed by atoms with E-state index in [1.54, 1.807) is 0 Å². The van der Waals surface area contributed by atoms with Gasteiger partial charge in [-0.05, 0) is 42.8 Å². The quantitative estimate of drug-likeness (QED) is 0.532. The molecule has 0 N–H and O–H groups in total. The van der Waals surface area contributed by atoms with Gasteiger partial charge < -0.3 is 9.64 Å². The number of rotatable bonds is 4. The minimum atomic E-state index is -4.64. The van der Waals surface area contributed by atoms with Crippen LogP contribution in [0.3, 0.4) is 0 Å². The molecule has 0 radical (unpaired) electrons. The molecule has 2 heterocycles. The molecule has 9 nitrogen and oxygen atoms in total. The van der Waals surface area contributed by atoms with Gasteiger partial charge in [-0.15, -0.1) is 0 Å². The summed E-state index contributed by atoms with van der Waals surface area (Å²) < 4.78 is 73.8. The van der Waals surface area contributed by atoms with E-state index in [4.69, 9.17) is 11.3 Å². The Morgan fingerprint density at radius 2 is 1.84 bits per heavy atom. The number of urea groups is 1. The second kappa shape index (κ2) is 10.1. The lowest BCUT2D eigenvalue weighted by atomic mass is 9.97. The first kappa shape index (κ1) is 27.1. The van der Waals surface area contributed by atoms with E-state index in [0.717, 1.165) is 28.0 Å². The lowest BCUT2D eigenvalue weighted by molar-refractivity contribution is -0.137. The van der Waals surface area contributed by atoms with Gasteiger partial charge in [0.05, 0.1) is 47.9 Å². The number of anilines is 1. The van der Waals surface area contributed by atoms with Crippen molar-refractivity contribution in [1.82, 2.24) is 9.21 Å². The molecule has 1 atom stereocenters. The monoisotopic (exact) mass is 545 g/mol. The van der Waals surface area contributed by atoms with Crippen LogP contribution in [0.5, 0.6) is 0 Å². The molecule has 2 amide bonds. The van der Waals surface area contributed by atoms with Crippen LogP contribution >= 0.6 is 0 Å². The molecule has 2 aromatic rings. The predicted molar refractivity (Wildman–Crippen MR) is 130 cm³/mol. The summed E-state index contributed by atoms with van der Waals surface area (Å²) in [5.74, 6) is 0. The number of nitrogens with zero attached hydrogens (tertiary/aromatic N) is 5. The number of alkyl halides is 3. The third kappa shape index (κ3) is 4.72. The molecule has 0 bridgehead atoms. The van der Waals surface area contributed by atoms with Crippen LogP contribution in [0.2, 0.25) is 0 Å². The predicted octanol–water partition coefficient (Wildman–Crippen LogP) is 4.36. The summed E-state index contributed by atoms with van der Waals surface area (Å²) in [5.41, 5.74) is -0.869. The maximum atomic E-state index is 13.6. The van der Waals surface area contributed by atoms with Crippen LogP contribution in [0.1, 0.15) is 29.7 Å². The number of ether oxygens (including phenoxy) is 1. The van der Waals surface area contributed by atoms with Crippen LogP contribution in [-0.4, -0.2) is 57.0 Å². The molecule has 2 aliphatic rings. The Kier molecular flexibility index (Phi) is 7.21. The summed E-state index contributed by atoms with van der Waals surface area (Å²) >= 11 is 0. The Balaban J connectivity index is 1.89. The second-order valence-electron chi connectivity index (χ2n) is 8.64. The zero-order valence-corrected chi connectivity index (χ0v) is 21.2. The molecule has 38 heavy (non-hydrogen) atoms. The molecule has 1 fully saturated rings. The standard InChI is InChI=1S/C25H22F3N5O4S/c1-16-22(30-2)23(31(3)24(34)33(16)19-6-4-5-18(14-19)25(26,27)28)20-8-7-17(15-29)13-21(20)38(35,36)32-9-11-37-12-10-32/h4-8,13-14,23H,9-12H2,1,3H3/t23-/m1/s1. The minimum Gasteiger partial charge on any atom is -0.379 e. The number of carbonyl (C=O) groups excluding carboxylic acids is 1. The number of benzene rings is 2.